The molecular formula is C8H14N4O. The molecule has 0 aromatic carbocycles. The van der Waals surface area contributed by atoms with Crippen molar-refractivity contribution in [3.8, 4) is 0 Å². The Bertz CT molecular complexity index is 290. The van der Waals surface area contributed by atoms with Crippen LogP contribution in [0.4, 0.5) is 0 Å². The molecule has 5 nitrogen and oxygen atoms in total. The van der Waals surface area contributed by atoms with E-state index in [1.165, 1.54) is 0 Å². The smallest absolute Gasteiger partial charge is 0.0839 e. The summed E-state index contributed by atoms with van der Waals surface area (Å²) in [5.41, 5.74) is 0.376. The van der Waals surface area contributed by atoms with Crippen molar-refractivity contribution < 1.29 is 5.11 Å². The highest BCUT2D eigenvalue weighted by molar-refractivity contribution is 5.03. The van der Waals surface area contributed by atoms with E-state index in [0.717, 1.165) is 18.7 Å². The van der Waals surface area contributed by atoms with Crippen LogP contribution in [0.25, 0.3) is 0 Å². The van der Waals surface area contributed by atoms with E-state index < -0.39 is 5.60 Å². The third-order valence-corrected chi connectivity index (χ3v) is 2.54. The molecule has 1 saturated heterocycles. The molecule has 0 aliphatic carbocycles. The molecule has 1 atom stereocenters. The highest BCUT2D eigenvalue weighted by atomic mass is 16.3. The number of hydrogen-bond acceptors (Lipinski definition) is 4. The predicted molar refractivity (Wildman–Crippen MR) is 47.1 cm³/mol. The molecule has 2 N–H and O–H groups in total. The number of nitrogens with one attached hydrogen (secondary N) is 1. The molecule has 2 heterocycles. The normalized spacial score (nSPS) is 28.2. The fourth-order valence-electron chi connectivity index (χ4n) is 1.69. The number of nitrogens with zero attached hydrogens (tertiary/aromatic N) is 3. The molecule has 1 aliphatic rings. The Morgan fingerprint density at radius 1 is 1.77 bits per heavy atom. The van der Waals surface area contributed by atoms with Crippen LogP contribution in [0.2, 0.25) is 0 Å². The monoisotopic (exact) mass is 182 g/mol. The highest BCUT2D eigenvalue weighted by Crippen LogP contribution is 2.19. The topological polar surface area (TPSA) is 63.0 Å². The summed E-state index contributed by atoms with van der Waals surface area (Å²) >= 11 is 0. The van der Waals surface area contributed by atoms with E-state index in [1.807, 2.05) is 7.05 Å². The van der Waals surface area contributed by atoms with Gasteiger partial charge in [0.25, 0.3) is 0 Å². The van der Waals surface area contributed by atoms with Gasteiger partial charge in [-0.3, -0.25) is 4.68 Å². The number of aliphatic hydroxyl groups is 1. The predicted octanol–water partition coefficient (Wildman–Crippen LogP) is -0.918. The van der Waals surface area contributed by atoms with E-state index in [1.54, 1.807) is 10.9 Å². The van der Waals surface area contributed by atoms with Gasteiger partial charge in [-0.15, -0.1) is 5.10 Å². The molecule has 13 heavy (non-hydrogen) atoms. The third-order valence-electron chi connectivity index (χ3n) is 2.54. The minimum atomic E-state index is -0.602. The van der Waals surface area contributed by atoms with Gasteiger partial charge in [-0.1, -0.05) is 5.21 Å². The van der Waals surface area contributed by atoms with Crippen LogP contribution in [0, 0.1) is 0 Å². The first-order valence-corrected chi connectivity index (χ1v) is 4.46. The summed E-state index contributed by atoms with van der Waals surface area (Å²) in [6, 6.07) is 0. The minimum absolute atomic E-state index is 0.602. The second-order valence-electron chi connectivity index (χ2n) is 3.68. The molecule has 2 rings (SSSR count). The molecule has 1 fully saturated rings. The van der Waals surface area contributed by atoms with Crippen molar-refractivity contribution in [2.45, 2.75) is 18.4 Å². The van der Waals surface area contributed by atoms with Crippen LogP contribution < -0.4 is 5.32 Å². The maximum absolute atomic E-state index is 10.1. The lowest BCUT2D eigenvalue weighted by Crippen LogP contribution is -2.34. The average molecular weight is 182 g/mol. The zero-order valence-corrected chi connectivity index (χ0v) is 7.69. The Morgan fingerprint density at radius 3 is 3.15 bits per heavy atom. The van der Waals surface area contributed by atoms with Crippen molar-refractivity contribution in [3.05, 3.63) is 11.9 Å². The SMILES string of the molecule is Cn1nncc1CC1(O)CCNC1. The van der Waals surface area contributed by atoms with Gasteiger partial charge < -0.3 is 10.4 Å². The van der Waals surface area contributed by atoms with Crippen LogP contribution in [0.3, 0.4) is 0 Å². The second kappa shape index (κ2) is 3.08. The van der Waals surface area contributed by atoms with Crippen LogP contribution in [0.5, 0.6) is 0 Å². The zero-order chi connectivity index (χ0) is 9.31. The first kappa shape index (κ1) is 8.65. The molecule has 1 aromatic heterocycles. The fraction of sp³-hybridized carbons (Fsp3) is 0.750. The molecule has 1 unspecified atom stereocenters. The standard InChI is InChI=1S/C8H14N4O/c1-12-7(5-10-11-12)4-8(13)2-3-9-6-8/h5,9,13H,2-4,6H2,1H3. The summed E-state index contributed by atoms with van der Waals surface area (Å²) in [7, 11) is 1.84. The van der Waals surface area contributed by atoms with Crippen LogP contribution in [-0.2, 0) is 13.5 Å². The van der Waals surface area contributed by atoms with Gasteiger partial charge in [-0.25, -0.2) is 0 Å². The van der Waals surface area contributed by atoms with Gasteiger partial charge in [0.05, 0.1) is 17.5 Å². The van der Waals surface area contributed by atoms with Crippen molar-refractivity contribution in [1.82, 2.24) is 20.3 Å². The Morgan fingerprint density at radius 2 is 2.62 bits per heavy atom. The highest BCUT2D eigenvalue weighted by Gasteiger charge is 2.32. The molecule has 1 aromatic rings. The maximum Gasteiger partial charge on any atom is 0.0839 e. The molecule has 0 saturated carbocycles. The Kier molecular flexibility index (Phi) is 2.05. The van der Waals surface area contributed by atoms with Gasteiger partial charge in [-0.2, -0.15) is 0 Å². The van der Waals surface area contributed by atoms with Crippen LogP contribution in [-0.4, -0.2) is 38.8 Å². The van der Waals surface area contributed by atoms with Gasteiger partial charge in [-0.05, 0) is 13.0 Å². The number of aryl methyl sites for hydroxylation is 1. The summed E-state index contributed by atoms with van der Waals surface area (Å²) in [6.45, 7) is 1.56. The van der Waals surface area contributed by atoms with Crippen LogP contribution >= 0.6 is 0 Å². The number of rotatable bonds is 2. The van der Waals surface area contributed by atoms with Crippen molar-refractivity contribution in [2.75, 3.05) is 13.1 Å². The quantitative estimate of drug-likeness (QED) is 0.621. The second-order valence-corrected chi connectivity index (χ2v) is 3.68. The third kappa shape index (κ3) is 1.71. The first-order chi connectivity index (χ1) is 6.20. The van der Waals surface area contributed by atoms with Gasteiger partial charge in [0, 0.05) is 20.0 Å². The van der Waals surface area contributed by atoms with Gasteiger partial charge >= 0.3 is 0 Å². The molecule has 5 heteroatoms. The summed E-state index contributed by atoms with van der Waals surface area (Å²) in [5.74, 6) is 0. The van der Waals surface area contributed by atoms with Crippen LogP contribution in [0.1, 0.15) is 12.1 Å². The van der Waals surface area contributed by atoms with Gasteiger partial charge in [0.1, 0.15) is 0 Å². The van der Waals surface area contributed by atoms with E-state index in [2.05, 4.69) is 15.6 Å². The van der Waals surface area contributed by atoms with E-state index in [9.17, 15) is 5.11 Å². The summed E-state index contributed by atoms with van der Waals surface area (Å²) in [5, 5.41) is 20.8. The van der Waals surface area contributed by atoms with Gasteiger partial charge in [0.2, 0.25) is 0 Å². The minimum Gasteiger partial charge on any atom is -0.388 e. The molecule has 0 radical (unpaired) electrons. The van der Waals surface area contributed by atoms with Crippen molar-refractivity contribution in [1.29, 1.82) is 0 Å². The molecule has 1 aliphatic heterocycles. The van der Waals surface area contributed by atoms with E-state index >= 15 is 0 Å². The largest absolute Gasteiger partial charge is 0.388 e. The first-order valence-electron chi connectivity index (χ1n) is 4.46. The van der Waals surface area contributed by atoms with Crippen LogP contribution in [0.15, 0.2) is 6.20 Å². The molecular weight excluding hydrogens is 168 g/mol. The molecule has 0 amide bonds. The lowest BCUT2D eigenvalue weighted by Gasteiger charge is -2.20. The lowest BCUT2D eigenvalue weighted by molar-refractivity contribution is 0.0599. The Hall–Kier alpha value is -0.940. The average Bonchev–Trinajstić information content (AvgIpc) is 2.64. The summed E-state index contributed by atoms with van der Waals surface area (Å²) in [6.07, 6.45) is 3.14. The van der Waals surface area contributed by atoms with Crippen molar-refractivity contribution >= 4 is 0 Å². The van der Waals surface area contributed by atoms with Crippen molar-refractivity contribution in [2.24, 2.45) is 7.05 Å². The Labute approximate surface area is 76.8 Å². The summed E-state index contributed by atoms with van der Waals surface area (Å²) in [4.78, 5) is 0. The van der Waals surface area contributed by atoms with Crippen molar-refractivity contribution in [3.63, 3.8) is 0 Å². The number of aromatic nitrogens is 3. The zero-order valence-electron chi connectivity index (χ0n) is 7.69. The lowest BCUT2D eigenvalue weighted by atomic mass is 9.97. The molecule has 0 spiro atoms. The number of β-amino-alcohol motifs (C(OH)–C–C–N with tert-alkyl or cyclic N) is 1. The number of hydrogen-bond donors (Lipinski definition) is 2. The van der Waals surface area contributed by atoms with E-state index in [4.69, 9.17) is 0 Å². The molecule has 72 valence electrons. The van der Waals surface area contributed by atoms with Gasteiger partial charge in [0.15, 0.2) is 0 Å². The summed E-state index contributed by atoms with van der Waals surface area (Å²) < 4.78 is 1.70. The molecule has 0 bridgehead atoms. The Balaban J connectivity index is 2.09. The van der Waals surface area contributed by atoms with E-state index in [0.29, 0.717) is 13.0 Å². The fourth-order valence-corrected chi connectivity index (χ4v) is 1.69. The van der Waals surface area contributed by atoms with E-state index in [-0.39, 0.29) is 0 Å². The maximum atomic E-state index is 10.1.